The van der Waals surface area contributed by atoms with Gasteiger partial charge in [-0.1, -0.05) is 38.1 Å². The third kappa shape index (κ3) is 1.39. The van der Waals surface area contributed by atoms with Crippen LogP contribution in [0.3, 0.4) is 0 Å². The lowest BCUT2D eigenvalue weighted by atomic mass is 9.83. The topological polar surface area (TPSA) is 24.7 Å². The van der Waals surface area contributed by atoms with Gasteiger partial charge in [0.25, 0.3) is 0 Å². The van der Waals surface area contributed by atoms with Crippen molar-refractivity contribution in [1.82, 2.24) is 0 Å². The van der Waals surface area contributed by atoms with Crippen molar-refractivity contribution in [2.24, 2.45) is 10.2 Å². The highest BCUT2D eigenvalue weighted by Gasteiger charge is 2.21. The highest BCUT2D eigenvalue weighted by atomic mass is 15.2. The molecule has 2 heteroatoms. The van der Waals surface area contributed by atoms with E-state index in [4.69, 9.17) is 0 Å². The van der Waals surface area contributed by atoms with Gasteiger partial charge in [-0.25, -0.2) is 0 Å². The Morgan fingerprint density at radius 3 is 2.69 bits per heavy atom. The molecule has 0 aromatic heterocycles. The molecule has 0 aliphatic carbocycles. The van der Waals surface area contributed by atoms with Gasteiger partial charge >= 0.3 is 0 Å². The van der Waals surface area contributed by atoms with Gasteiger partial charge in [0.05, 0.1) is 6.21 Å². The van der Waals surface area contributed by atoms with Gasteiger partial charge in [0.15, 0.2) is 0 Å². The second-order valence-corrected chi connectivity index (χ2v) is 3.80. The molecule has 2 rings (SSSR count). The third-order valence-electron chi connectivity index (χ3n) is 2.30. The summed E-state index contributed by atoms with van der Waals surface area (Å²) in [6.07, 6.45) is 3.69. The number of rotatable bonds is 0. The molecule has 0 N–H and O–H groups in total. The summed E-state index contributed by atoms with van der Waals surface area (Å²) >= 11 is 0. The Kier molecular flexibility index (Phi) is 1.76. The molecule has 1 aromatic carbocycles. The Bertz CT molecular complexity index is 375. The van der Waals surface area contributed by atoms with Crippen LogP contribution >= 0.6 is 0 Å². The van der Waals surface area contributed by atoms with Crippen LogP contribution in [0.25, 0.3) is 0 Å². The van der Waals surface area contributed by atoms with Crippen molar-refractivity contribution in [3.63, 3.8) is 0 Å². The maximum atomic E-state index is 3.98. The van der Waals surface area contributed by atoms with Crippen molar-refractivity contribution in [3.05, 3.63) is 35.4 Å². The molecule has 0 atom stereocenters. The fraction of sp³-hybridized carbons (Fsp3) is 0.273. The summed E-state index contributed by atoms with van der Waals surface area (Å²) < 4.78 is 0. The van der Waals surface area contributed by atoms with Gasteiger partial charge in [-0.15, -0.1) is 0 Å². The molecule has 0 saturated carbocycles. The van der Waals surface area contributed by atoms with E-state index in [1.54, 1.807) is 6.21 Å². The molecule has 1 aliphatic heterocycles. The zero-order valence-electron chi connectivity index (χ0n) is 7.86. The molecule has 66 valence electrons. The summed E-state index contributed by atoms with van der Waals surface area (Å²) in [6.45, 7) is 4.29. The maximum absolute atomic E-state index is 3.98. The quantitative estimate of drug-likeness (QED) is 0.574. The van der Waals surface area contributed by atoms with Gasteiger partial charge in [0, 0.05) is 11.6 Å². The molecular formula is C11H12N2. The van der Waals surface area contributed by atoms with E-state index in [2.05, 4.69) is 36.2 Å². The first kappa shape index (κ1) is 8.17. The number of hydrogen-bond acceptors (Lipinski definition) is 2. The minimum absolute atomic E-state index is 0.0207. The molecule has 1 aliphatic rings. The van der Waals surface area contributed by atoms with Crippen LogP contribution in [0.4, 0.5) is 0 Å². The Morgan fingerprint density at radius 1 is 1.08 bits per heavy atom. The van der Waals surface area contributed by atoms with E-state index >= 15 is 0 Å². The van der Waals surface area contributed by atoms with Gasteiger partial charge in [-0.05, 0) is 11.1 Å². The van der Waals surface area contributed by atoms with E-state index in [0.29, 0.717) is 0 Å². The molecule has 1 heterocycles. The summed E-state index contributed by atoms with van der Waals surface area (Å²) in [7, 11) is 0. The smallest absolute Gasteiger partial charge is 0.0571 e. The Morgan fingerprint density at radius 2 is 1.85 bits per heavy atom. The minimum atomic E-state index is -0.0207. The van der Waals surface area contributed by atoms with E-state index in [1.165, 1.54) is 5.56 Å². The van der Waals surface area contributed by atoms with Crippen molar-refractivity contribution >= 4 is 12.4 Å². The third-order valence-corrected chi connectivity index (χ3v) is 2.30. The predicted octanol–water partition coefficient (Wildman–Crippen LogP) is 2.38. The minimum Gasteiger partial charge on any atom is -0.163 e. The van der Waals surface area contributed by atoms with E-state index in [1.807, 2.05) is 18.3 Å². The van der Waals surface area contributed by atoms with Crippen molar-refractivity contribution in [2.45, 2.75) is 19.3 Å². The molecule has 0 spiro atoms. The van der Waals surface area contributed by atoms with Gasteiger partial charge < -0.3 is 0 Å². The fourth-order valence-corrected chi connectivity index (χ4v) is 1.54. The van der Waals surface area contributed by atoms with E-state index < -0.39 is 0 Å². The average Bonchev–Trinajstić information content (AvgIpc) is 2.26. The second kappa shape index (κ2) is 2.80. The fourth-order valence-electron chi connectivity index (χ4n) is 1.54. The summed E-state index contributed by atoms with van der Waals surface area (Å²) in [5.41, 5.74) is 2.41. The predicted molar refractivity (Wildman–Crippen MR) is 55.6 cm³/mol. The lowest BCUT2D eigenvalue weighted by Gasteiger charge is -2.19. The molecule has 0 unspecified atom stereocenters. The Hall–Kier alpha value is -1.44. The van der Waals surface area contributed by atoms with Crippen molar-refractivity contribution in [1.29, 1.82) is 0 Å². The lowest BCUT2D eigenvalue weighted by Crippen LogP contribution is -2.19. The Labute approximate surface area is 78.0 Å². The number of fused-ring (bicyclic) bond motifs is 1. The van der Waals surface area contributed by atoms with Crippen LogP contribution in [-0.4, -0.2) is 12.4 Å². The first-order valence-electron chi connectivity index (χ1n) is 4.37. The van der Waals surface area contributed by atoms with Crippen LogP contribution in [-0.2, 0) is 5.41 Å². The molecule has 13 heavy (non-hydrogen) atoms. The van der Waals surface area contributed by atoms with Crippen molar-refractivity contribution < 1.29 is 0 Å². The van der Waals surface area contributed by atoms with Crippen LogP contribution in [0.5, 0.6) is 0 Å². The summed E-state index contributed by atoms with van der Waals surface area (Å²) in [5.74, 6) is 0. The molecule has 2 nitrogen and oxygen atoms in total. The standard InChI is InChI=1S/C11H12N2/c1-11(2)8-13-12-7-9-5-3-4-6-10(9)11/h3-8H,1-2H3. The first-order valence-corrected chi connectivity index (χ1v) is 4.37. The molecule has 0 radical (unpaired) electrons. The van der Waals surface area contributed by atoms with Crippen LogP contribution in [0.15, 0.2) is 34.5 Å². The molecular weight excluding hydrogens is 160 g/mol. The van der Waals surface area contributed by atoms with Gasteiger partial charge in [0.2, 0.25) is 0 Å². The Balaban J connectivity index is 2.64. The second-order valence-electron chi connectivity index (χ2n) is 3.80. The average molecular weight is 172 g/mol. The molecule has 1 aromatic rings. The normalized spacial score (nSPS) is 18.0. The van der Waals surface area contributed by atoms with E-state index in [0.717, 1.165) is 5.56 Å². The highest BCUT2D eigenvalue weighted by molar-refractivity contribution is 5.88. The summed E-state index contributed by atoms with van der Waals surface area (Å²) in [6, 6.07) is 8.26. The SMILES string of the molecule is CC1(C)C=NN=Cc2ccccc21. The summed E-state index contributed by atoms with van der Waals surface area (Å²) in [5, 5.41) is 7.94. The van der Waals surface area contributed by atoms with Gasteiger partial charge in [-0.2, -0.15) is 10.2 Å². The molecule has 0 fully saturated rings. The number of nitrogens with zero attached hydrogens (tertiary/aromatic N) is 2. The zero-order chi connectivity index (χ0) is 9.31. The van der Waals surface area contributed by atoms with E-state index in [-0.39, 0.29) is 5.41 Å². The maximum Gasteiger partial charge on any atom is 0.0571 e. The van der Waals surface area contributed by atoms with Gasteiger partial charge in [0.1, 0.15) is 0 Å². The van der Waals surface area contributed by atoms with Crippen LogP contribution in [0.2, 0.25) is 0 Å². The molecule has 0 amide bonds. The first-order chi connectivity index (χ1) is 6.20. The monoisotopic (exact) mass is 172 g/mol. The largest absolute Gasteiger partial charge is 0.163 e. The lowest BCUT2D eigenvalue weighted by molar-refractivity contribution is 0.733. The zero-order valence-corrected chi connectivity index (χ0v) is 7.86. The van der Waals surface area contributed by atoms with Crippen molar-refractivity contribution in [2.75, 3.05) is 0 Å². The number of hydrogen-bond donors (Lipinski definition) is 0. The highest BCUT2D eigenvalue weighted by Crippen LogP contribution is 2.25. The van der Waals surface area contributed by atoms with E-state index in [9.17, 15) is 0 Å². The van der Waals surface area contributed by atoms with Crippen LogP contribution in [0, 0.1) is 0 Å². The molecule has 0 saturated heterocycles. The summed E-state index contributed by atoms with van der Waals surface area (Å²) in [4.78, 5) is 0. The molecule has 0 bridgehead atoms. The number of benzene rings is 1. The van der Waals surface area contributed by atoms with Gasteiger partial charge in [-0.3, -0.25) is 0 Å². The van der Waals surface area contributed by atoms with Crippen LogP contribution < -0.4 is 0 Å². The van der Waals surface area contributed by atoms with Crippen LogP contribution in [0.1, 0.15) is 25.0 Å². The van der Waals surface area contributed by atoms with Crippen molar-refractivity contribution in [3.8, 4) is 0 Å².